The number of hydrogen-bond acceptors (Lipinski definition) is 7. The zero-order chi connectivity index (χ0) is 27.2. The number of alkyl carbamates (subject to hydrolysis) is 1. The molecule has 0 atom stereocenters. The van der Waals surface area contributed by atoms with Gasteiger partial charge >= 0.3 is 6.09 Å². The van der Waals surface area contributed by atoms with Gasteiger partial charge in [0.25, 0.3) is 0 Å². The van der Waals surface area contributed by atoms with Crippen LogP contribution >= 0.6 is 0 Å². The zero-order valence-corrected chi connectivity index (χ0v) is 22.7. The number of amides is 3. The predicted molar refractivity (Wildman–Crippen MR) is 142 cm³/mol. The number of rotatable bonds is 7. The Morgan fingerprint density at radius 3 is 2.30 bits per heavy atom. The van der Waals surface area contributed by atoms with Crippen LogP contribution in [-0.2, 0) is 20.9 Å². The van der Waals surface area contributed by atoms with Gasteiger partial charge in [0.2, 0.25) is 17.8 Å². The van der Waals surface area contributed by atoms with Crippen LogP contribution in [0, 0.1) is 5.92 Å². The molecule has 10 heteroatoms. The second kappa shape index (κ2) is 12.0. The van der Waals surface area contributed by atoms with Gasteiger partial charge in [-0.3, -0.25) is 9.59 Å². The Morgan fingerprint density at radius 1 is 1.05 bits per heavy atom. The van der Waals surface area contributed by atoms with Crippen molar-refractivity contribution in [2.45, 2.75) is 45.8 Å². The van der Waals surface area contributed by atoms with E-state index in [1.165, 1.54) is 0 Å². The molecule has 2 aromatic rings. The Labute approximate surface area is 219 Å². The van der Waals surface area contributed by atoms with Gasteiger partial charge in [-0.2, -0.15) is 0 Å². The maximum Gasteiger partial charge on any atom is 0.408 e. The van der Waals surface area contributed by atoms with E-state index in [2.05, 4.69) is 20.2 Å². The molecule has 200 valence electrons. The maximum absolute atomic E-state index is 12.5. The normalized spacial score (nSPS) is 14.2. The van der Waals surface area contributed by atoms with Gasteiger partial charge < -0.3 is 24.8 Å². The first-order chi connectivity index (χ1) is 17.4. The lowest BCUT2D eigenvalue weighted by Crippen LogP contribution is -2.40. The molecule has 1 aromatic heterocycles. The Kier molecular flexibility index (Phi) is 9.07. The lowest BCUT2D eigenvalue weighted by atomic mass is 9.96. The minimum Gasteiger partial charge on any atom is -0.444 e. The van der Waals surface area contributed by atoms with E-state index in [9.17, 15) is 14.4 Å². The first-order valence-electron chi connectivity index (χ1n) is 12.5. The molecule has 0 saturated carbocycles. The summed E-state index contributed by atoms with van der Waals surface area (Å²) in [6, 6.07) is 7.86. The van der Waals surface area contributed by atoms with E-state index in [0.29, 0.717) is 12.5 Å². The Morgan fingerprint density at radius 2 is 1.70 bits per heavy atom. The average molecular weight is 511 g/mol. The van der Waals surface area contributed by atoms with Crippen LogP contribution in [0.2, 0.25) is 0 Å². The highest BCUT2D eigenvalue weighted by Gasteiger charge is 2.27. The third-order valence-electron chi connectivity index (χ3n) is 6.09. The number of nitrogens with one attached hydrogen (secondary N) is 1. The third-order valence-corrected chi connectivity index (χ3v) is 6.09. The summed E-state index contributed by atoms with van der Waals surface area (Å²) in [6.45, 7) is 7.06. The van der Waals surface area contributed by atoms with E-state index >= 15 is 0 Å². The van der Waals surface area contributed by atoms with Crippen LogP contribution in [0.5, 0.6) is 0 Å². The highest BCUT2D eigenvalue weighted by Crippen LogP contribution is 2.24. The molecule has 1 aliphatic heterocycles. The summed E-state index contributed by atoms with van der Waals surface area (Å²) < 4.78 is 5.17. The van der Waals surface area contributed by atoms with E-state index in [1.807, 2.05) is 24.3 Å². The first kappa shape index (κ1) is 27.9. The molecule has 0 aliphatic carbocycles. The average Bonchev–Trinajstić information content (AvgIpc) is 2.86. The van der Waals surface area contributed by atoms with E-state index in [0.717, 1.165) is 42.6 Å². The molecule has 1 aromatic carbocycles. The highest BCUT2D eigenvalue weighted by atomic mass is 16.6. The molecule has 10 nitrogen and oxygen atoms in total. The molecule has 0 bridgehead atoms. The summed E-state index contributed by atoms with van der Waals surface area (Å²) in [5.41, 5.74) is 2.16. The molecule has 1 aliphatic rings. The number of nitrogens with zero attached hydrogens (tertiary/aromatic N) is 5. The molecule has 1 N–H and O–H groups in total. The predicted octanol–water partition coefficient (Wildman–Crippen LogP) is 2.93. The number of aromatic nitrogens is 2. The number of ether oxygens (including phenoxy) is 1. The second-order valence-electron chi connectivity index (χ2n) is 10.6. The summed E-state index contributed by atoms with van der Waals surface area (Å²) in [5.74, 6) is 0.687. The minimum absolute atomic E-state index is 0.0615. The van der Waals surface area contributed by atoms with Gasteiger partial charge in [0.15, 0.2) is 0 Å². The highest BCUT2D eigenvalue weighted by molar-refractivity contribution is 5.82. The van der Waals surface area contributed by atoms with Crippen molar-refractivity contribution in [3.8, 4) is 11.1 Å². The molecule has 0 radical (unpaired) electrons. The molecule has 1 saturated heterocycles. The minimum atomic E-state index is -0.620. The Bertz CT molecular complexity index is 1090. The summed E-state index contributed by atoms with van der Waals surface area (Å²) >= 11 is 0. The smallest absolute Gasteiger partial charge is 0.408 e. The van der Waals surface area contributed by atoms with E-state index in [4.69, 9.17) is 4.74 Å². The van der Waals surface area contributed by atoms with E-state index in [1.54, 1.807) is 64.1 Å². The number of likely N-dealkylation sites (N-methyl/N-ethyl adjacent to an activating group) is 1. The zero-order valence-electron chi connectivity index (χ0n) is 22.7. The number of piperidine rings is 1. The standard InChI is InChI=1S/C27H38N6O4/c1-27(2,3)37-26(36)30-17-23(34)32(6)18-19-8-7-9-21(14-19)22-15-28-25(29-16-22)33-12-10-20(11-13-33)24(35)31(4)5/h7-9,14-16,20H,10-13,17-18H2,1-6H3,(H,30,36). The van der Waals surface area contributed by atoms with Gasteiger partial charge in [-0.15, -0.1) is 0 Å². The molecular formula is C27H38N6O4. The maximum atomic E-state index is 12.5. The van der Waals surface area contributed by atoms with Crippen molar-refractivity contribution in [2.24, 2.45) is 5.92 Å². The summed E-state index contributed by atoms with van der Waals surface area (Å²) in [7, 11) is 5.29. The van der Waals surface area contributed by atoms with Crippen LogP contribution in [-0.4, -0.2) is 84.1 Å². The van der Waals surface area contributed by atoms with Gasteiger partial charge in [0.05, 0.1) is 0 Å². The van der Waals surface area contributed by atoms with Gasteiger partial charge in [-0.05, 0) is 50.8 Å². The van der Waals surface area contributed by atoms with Crippen molar-refractivity contribution in [1.29, 1.82) is 0 Å². The number of carbonyl (C=O) groups excluding carboxylic acids is 3. The topological polar surface area (TPSA) is 108 Å². The van der Waals surface area contributed by atoms with Crippen LogP contribution in [0.4, 0.5) is 10.7 Å². The van der Waals surface area contributed by atoms with Crippen molar-refractivity contribution < 1.29 is 19.1 Å². The third kappa shape index (κ3) is 8.16. The van der Waals surface area contributed by atoms with Crippen LogP contribution in [0.1, 0.15) is 39.2 Å². The van der Waals surface area contributed by atoms with E-state index in [-0.39, 0.29) is 24.3 Å². The van der Waals surface area contributed by atoms with Crippen molar-refractivity contribution in [1.82, 2.24) is 25.1 Å². The molecule has 1 fully saturated rings. The van der Waals surface area contributed by atoms with Crippen LogP contribution in [0.3, 0.4) is 0 Å². The second-order valence-corrected chi connectivity index (χ2v) is 10.6. The summed E-state index contributed by atoms with van der Waals surface area (Å²) in [5, 5.41) is 2.50. The summed E-state index contributed by atoms with van der Waals surface area (Å²) in [4.78, 5) is 51.0. The number of carbonyl (C=O) groups is 3. The van der Waals surface area contributed by atoms with E-state index < -0.39 is 11.7 Å². The van der Waals surface area contributed by atoms with Crippen molar-refractivity contribution >= 4 is 23.9 Å². The van der Waals surface area contributed by atoms with Crippen molar-refractivity contribution in [3.05, 3.63) is 42.2 Å². The fourth-order valence-corrected chi connectivity index (χ4v) is 4.13. The molecule has 0 unspecified atom stereocenters. The largest absolute Gasteiger partial charge is 0.444 e. The quantitative estimate of drug-likeness (QED) is 0.610. The Balaban J connectivity index is 1.55. The van der Waals surface area contributed by atoms with Gasteiger partial charge in [0.1, 0.15) is 12.1 Å². The van der Waals surface area contributed by atoms with Crippen LogP contribution < -0.4 is 10.2 Å². The number of anilines is 1. The molecule has 0 spiro atoms. The fourth-order valence-electron chi connectivity index (χ4n) is 4.13. The molecule has 3 rings (SSSR count). The molecular weight excluding hydrogens is 472 g/mol. The molecule has 37 heavy (non-hydrogen) atoms. The van der Waals surface area contributed by atoms with Gasteiger partial charge in [0, 0.05) is 64.7 Å². The summed E-state index contributed by atoms with van der Waals surface area (Å²) in [6.07, 6.45) is 4.58. The molecule has 3 amide bonds. The van der Waals surface area contributed by atoms with Crippen LogP contribution in [0.15, 0.2) is 36.7 Å². The lowest BCUT2D eigenvalue weighted by Gasteiger charge is -2.32. The first-order valence-corrected chi connectivity index (χ1v) is 12.5. The van der Waals surface area contributed by atoms with Gasteiger partial charge in [-0.25, -0.2) is 14.8 Å². The molecule has 2 heterocycles. The fraction of sp³-hybridized carbons (Fsp3) is 0.519. The number of benzene rings is 1. The van der Waals surface area contributed by atoms with Crippen molar-refractivity contribution in [2.75, 3.05) is 45.7 Å². The Hall–Kier alpha value is -3.69. The van der Waals surface area contributed by atoms with Crippen LogP contribution in [0.25, 0.3) is 11.1 Å². The van der Waals surface area contributed by atoms with Crippen molar-refractivity contribution in [3.63, 3.8) is 0 Å². The number of hydrogen-bond donors (Lipinski definition) is 1. The lowest BCUT2D eigenvalue weighted by molar-refractivity contribution is -0.133. The SMILES string of the molecule is CN(C)C(=O)C1CCN(c2ncc(-c3cccc(CN(C)C(=O)CNC(=O)OC(C)(C)C)c3)cn2)CC1. The van der Waals surface area contributed by atoms with Gasteiger partial charge in [-0.1, -0.05) is 18.2 Å². The monoisotopic (exact) mass is 510 g/mol.